The molecule has 0 aliphatic carbocycles. The van der Waals surface area contributed by atoms with Crippen LogP contribution in [0.1, 0.15) is 16.8 Å². The SMILES string of the molecule is COCCNC(=O)c1ccc(N(C)C[C@@H]2C[C@H](OC)CN2C)nc1. The van der Waals surface area contributed by atoms with Crippen molar-refractivity contribution in [2.75, 3.05) is 59.5 Å². The predicted octanol–water partition coefficient (Wildman–Crippen LogP) is 0.613. The van der Waals surface area contributed by atoms with Gasteiger partial charge in [-0.15, -0.1) is 0 Å². The van der Waals surface area contributed by atoms with Gasteiger partial charge in [-0.1, -0.05) is 0 Å². The van der Waals surface area contributed by atoms with E-state index in [0.29, 0.717) is 30.9 Å². The lowest BCUT2D eigenvalue weighted by Gasteiger charge is -2.26. The van der Waals surface area contributed by atoms with Gasteiger partial charge in [0.15, 0.2) is 0 Å². The van der Waals surface area contributed by atoms with E-state index >= 15 is 0 Å². The first-order valence-electron chi connectivity index (χ1n) is 8.22. The lowest BCUT2D eigenvalue weighted by molar-refractivity contribution is 0.0936. The Hall–Kier alpha value is -1.70. The van der Waals surface area contributed by atoms with Gasteiger partial charge < -0.3 is 19.7 Å². The van der Waals surface area contributed by atoms with Crippen LogP contribution in [0.25, 0.3) is 0 Å². The molecule has 1 fully saturated rings. The average Bonchev–Trinajstić information content (AvgIpc) is 2.95. The van der Waals surface area contributed by atoms with Crippen LogP contribution >= 0.6 is 0 Å². The fraction of sp³-hybridized carbons (Fsp3) is 0.647. The minimum absolute atomic E-state index is 0.132. The lowest BCUT2D eigenvalue weighted by atomic mass is 10.2. The minimum Gasteiger partial charge on any atom is -0.383 e. The third kappa shape index (κ3) is 4.90. The first-order valence-corrected chi connectivity index (χ1v) is 8.22. The van der Waals surface area contributed by atoms with Crippen molar-refractivity contribution in [2.24, 2.45) is 0 Å². The maximum atomic E-state index is 12.0. The van der Waals surface area contributed by atoms with Crippen LogP contribution in [-0.2, 0) is 9.47 Å². The molecule has 0 unspecified atom stereocenters. The number of ether oxygens (including phenoxy) is 2. The summed E-state index contributed by atoms with van der Waals surface area (Å²) in [6, 6.07) is 4.13. The lowest BCUT2D eigenvalue weighted by Crippen LogP contribution is -2.37. The van der Waals surface area contributed by atoms with E-state index in [4.69, 9.17) is 9.47 Å². The molecular formula is C17H28N4O3. The topological polar surface area (TPSA) is 66.9 Å². The van der Waals surface area contributed by atoms with Crippen molar-refractivity contribution in [3.63, 3.8) is 0 Å². The Balaban J connectivity index is 1.89. The smallest absolute Gasteiger partial charge is 0.252 e. The molecule has 0 bridgehead atoms. The zero-order chi connectivity index (χ0) is 17.5. The number of amides is 1. The number of likely N-dealkylation sites (tertiary alicyclic amines) is 1. The summed E-state index contributed by atoms with van der Waals surface area (Å²) in [7, 11) is 7.52. The second kappa shape index (κ2) is 8.96. The third-order valence-electron chi connectivity index (χ3n) is 4.46. The number of nitrogens with one attached hydrogen (secondary N) is 1. The number of methoxy groups -OCH3 is 2. The maximum Gasteiger partial charge on any atom is 0.252 e. The number of carbonyl (C=O) groups excluding carboxylic acids is 1. The summed E-state index contributed by atoms with van der Waals surface area (Å²) in [6.45, 7) is 2.83. The average molecular weight is 336 g/mol. The fourth-order valence-corrected chi connectivity index (χ4v) is 2.94. The Morgan fingerprint density at radius 1 is 1.46 bits per heavy atom. The molecule has 24 heavy (non-hydrogen) atoms. The summed E-state index contributed by atoms with van der Waals surface area (Å²) in [4.78, 5) is 20.8. The quantitative estimate of drug-likeness (QED) is 0.702. The zero-order valence-corrected chi connectivity index (χ0v) is 15.0. The van der Waals surface area contributed by atoms with Gasteiger partial charge in [0.1, 0.15) is 5.82 Å². The number of likely N-dealkylation sites (N-methyl/N-ethyl adjacent to an activating group) is 2. The standard InChI is InChI=1S/C17H28N4O3/c1-20-12-15(24-4)9-14(20)11-21(2)16-6-5-13(10-19-16)17(22)18-7-8-23-3/h5-6,10,14-15H,7-9,11-12H2,1-4H3,(H,18,22)/t14-,15-/m0/s1. The Labute approximate surface area is 143 Å². The summed E-state index contributed by atoms with van der Waals surface area (Å²) in [5.74, 6) is 0.727. The predicted molar refractivity (Wildman–Crippen MR) is 93.5 cm³/mol. The normalized spacial score (nSPS) is 21.0. The molecule has 134 valence electrons. The van der Waals surface area contributed by atoms with Crippen LogP contribution in [0.5, 0.6) is 0 Å². The molecule has 1 aliphatic heterocycles. The number of rotatable bonds is 8. The van der Waals surface area contributed by atoms with Crippen molar-refractivity contribution in [2.45, 2.75) is 18.6 Å². The Bertz CT molecular complexity index is 523. The van der Waals surface area contributed by atoms with E-state index in [9.17, 15) is 4.79 Å². The molecule has 2 heterocycles. The summed E-state index contributed by atoms with van der Waals surface area (Å²) >= 11 is 0. The van der Waals surface area contributed by atoms with Gasteiger partial charge >= 0.3 is 0 Å². The van der Waals surface area contributed by atoms with Crippen LogP contribution in [0.4, 0.5) is 5.82 Å². The maximum absolute atomic E-state index is 12.0. The number of pyridine rings is 1. The third-order valence-corrected chi connectivity index (χ3v) is 4.46. The molecule has 2 rings (SSSR count). The molecule has 7 heteroatoms. The molecule has 1 aromatic rings. The molecule has 2 atom stereocenters. The van der Waals surface area contributed by atoms with E-state index < -0.39 is 0 Å². The van der Waals surface area contributed by atoms with Crippen LogP contribution in [0.2, 0.25) is 0 Å². The highest BCUT2D eigenvalue weighted by atomic mass is 16.5. The number of nitrogens with zero attached hydrogens (tertiary/aromatic N) is 3. The van der Waals surface area contributed by atoms with E-state index in [1.807, 2.05) is 13.1 Å². The number of anilines is 1. The molecule has 0 spiro atoms. The summed E-state index contributed by atoms with van der Waals surface area (Å²) in [5, 5.41) is 2.79. The molecular weight excluding hydrogens is 308 g/mol. The van der Waals surface area contributed by atoms with Gasteiger partial charge in [-0.2, -0.15) is 0 Å². The molecule has 0 aromatic carbocycles. The van der Waals surface area contributed by atoms with Crippen molar-refractivity contribution < 1.29 is 14.3 Å². The number of hydrogen-bond donors (Lipinski definition) is 1. The van der Waals surface area contributed by atoms with Gasteiger partial charge in [-0.3, -0.25) is 9.69 Å². The second-order valence-electron chi connectivity index (χ2n) is 6.22. The van der Waals surface area contributed by atoms with Gasteiger partial charge in [-0.25, -0.2) is 4.98 Å². The van der Waals surface area contributed by atoms with Gasteiger partial charge in [-0.05, 0) is 25.6 Å². The van der Waals surface area contributed by atoms with Crippen LogP contribution in [0.15, 0.2) is 18.3 Å². The molecule has 0 radical (unpaired) electrons. The number of aromatic nitrogens is 1. The van der Waals surface area contributed by atoms with Gasteiger partial charge in [0.2, 0.25) is 0 Å². The highest BCUT2D eigenvalue weighted by molar-refractivity contribution is 5.94. The summed E-state index contributed by atoms with van der Waals surface area (Å²) in [6.07, 6.45) is 2.95. The van der Waals surface area contributed by atoms with Crippen LogP contribution in [0.3, 0.4) is 0 Å². The van der Waals surface area contributed by atoms with Crippen LogP contribution in [-0.4, -0.2) is 82.5 Å². The number of carbonyl (C=O) groups is 1. The largest absolute Gasteiger partial charge is 0.383 e. The fourth-order valence-electron chi connectivity index (χ4n) is 2.94. The van der Waals surface area contributed by atoms with Crippen molar-refractivity contribution in [3.05, 3.63) is 23.9 Å². The molecule has 1 aromatic heterocycles. The van der Waals surface area contributed by atoms with Crippen LogP contribution in [0, 0.1) is 0 Å². The van der Waals surface area contributed by atoms with Gasteiger partial charge in [0.25, 0.3) is 5.91 Å². The van der Waals surface area contributed by atoms with E-state index in [1.165, 1.54) is 0 Å². The van der Waals surface area contributed by atoms with Gasteiger partial charge in [0, 0.05) is 53.1 Å². The van der Waals surface area contributed by atoms with Gasteiger partial charge in [0.05, 0.1) is 18.3 Å². The van der Waals surface area contributed by atoms with Crippen LogP contribution < -0.4 is 10.2 Å². The van der Waals surface area contributed by atoms with E-state index in [1.54, 1.807) is 26.5 Å². The monoisotopic (exact) mass is 336 g/mol. The van der Waals surface area contributed by atoms with E-state index in [-0.39, 0.29) is 5.91 Å². The molecule has 1 saturated heterocycles. The first kappa shape index (κ1) is 18.6. The Kier molecular flexibility index (Phi) is 6.96. The van der Waals surface area contributed by atoms with Crippen molar-refractivity contribution in [1.82, 2.24) is 15.2 Å². The summed E-state index contributed by atoms with van der Waals surface area (Å²) < 4.78 is 10.4. The molecule has 1 amide bonds. The highest BCUT2D eigenvalue weighted by Crippen LogP contribution is 2.20. The van der Waals surface area contributed by atoms with Crippen molar-refractivity contribution >= 4 is 11.7 Å². The van der Waals surface area contributed by atoms with E-state index in [2.05, 4.69) is 27.1 Å². The summed E-state index contributed by atoms with van der Waals surface area (Å²) in [5.41, 5.74) is 0.556. The molecule has 0 saturated carbocycles. The van der Waals surface area contributed by atoms with Crippen molar-refractivity contribution in [3.8, 4) is 0 Å². The number of hydrogen-bond acceptors (Lipinski definition) is 6. The molecule has 1 N–H and O–H groups in total. The minimum atomic E-state index is -0.132. The first-order chi connectivity index (χ1) is 11.5. The Morgan fingerprint density at radius 2 is 2.25 bits per heavy atom. The molecule has 7 nitrogen and oxygen atoms in total. The Morgan fingerprint density at radius 3 is 2.83 bits per heavy atom. The zero-order valence-electron chi connectivity index (χ0n) is 15.0. The van der Waals surface area contributed by atoms with E-state index in [0.717, 1.165) is 25.3 Å². The molecule has 1 aliphatic rings. The van der Waals surface area contributed by atoms with Crippen molar-refractivity contribution in [1.29, 1.82) is 0 Å². The second-order valence-corrected chi connectivity index (χ2v) is 6.22. The highest BCUT2D eigenvalue weighted by Gasteiger charge is 2.30.